The van der Waals surface area contributed by atoms with Crippen LogP contribution in [0.2, 0.25) is 0 Å². The molecule has 8 nitrogen and oxygen atoms in total. The van der Waals surface area contributed by atoms with Gasteiger partial charge in [-0.05, 0) is 25.1 Å². The van der Waals surface area contributed by atoms with Crippen molar-refractivity contribution in [1.29, 1.82) is 0 Å². The molecule has 0 radical (unpaired) electrons. The first-order valence-corrected chi connectivity index (χ1v) is 10.3. The molecule has 0 aliphatic carbocycles. The predicted molar refractivity (Wildman–Crippen MR) is 104 cm³/mol. The molecule has 1 amide bonds. The smallest absolute Gasteiger partial charge is 0.238 e. The minimum atomic E-state index is -3.83. The number of sulfonamides is 1. The number of benzene rings is 2. The van der Waals surface area contributed by atoms with Crippen molar-refractivity contribution in [3.8, 4) is 11.4 Å². The number of primary sulfonamides is 1. The van der Waals surface area contributed by atoms with Crippen LogP contribution in [-0.2, 0) is 14.8 Å². The summed E-state index contributed by atoms with van der Waals surface area (Å²) in [6, 6.07) is 15.3. The van der Waals surface area contributed by atoms with Crippen molar-refractivity contribution < 1.29 is 13.2 Å². The second-order valence-corrected chi connectivity index (χ2v) is 8.52. The molecule has 3 aromatic rings. The molecule has 0 saturated heterocycles. The zero-order valence-electron chi connectivity index (χ0n) is 14.3. The van der Waals surface area contributed by atoms with Crippen LogP contribution in [0, 0.1) is 0 Å². The van der Waals surface area contributed by atoms with E-state index >= 15 is 0 Å². The summed E-state index contributed by atoms with van der Waals surface area (Å²) in [5.74, 6) is 0.309. The average Bonchev–Trinajstić information content (AvgIpc) is 3.10. The van der Waals surface area contributed by atoms with E-state index in [-0.39, 0.29) is 10.8 Å². The molecule has 0 aliphatic rings. The zero-order valence-corrected chi connectivity index (χ0v) is 15.9. The summed E-state index contributed by atoms with van der Waals surface area (Å²) >= 11 is 1.19. The Kier molecular flexibility index (Phi) is 5.59. The normalized spacial score (nSPS) is 12.5. The van der Waals surface area contributed by atoms with Crippen LogP contribution >= 0.6 is 11.8 Å². The second-order valence-electron chi connectivity index (χ2n) is 5.65. The number of aromatic nitrogens is 3. The third-order valence-electron chi connectivity index (χ3n) is 3.59. The number of nitrogens with two attached hydrogens (primary N) is 1. The lowest BCUT2D eigenvalue weighted by Gasteiger charge is -2.10. The minimum Gasteiger partial charge on any atom is -0.325 e. The summed E-state index contributed by atoms with van der Waals surface area (Å²) in [6.07, 6.45) is 0. The molecular weight excluding hydrogens is 386 g/mol. The SMILES string of the molecule is C[C@@H](Sc1n[nH]c(-c2ccccc2)n1)C(=O)Nc1cccc(S(N)(=O)=O)c1. The molecule has 4 N–H and O–H groups in total. The number of amides is 1. The van der Waals surface area contributed by atoms with Crippen LogP contribution in [0.15, 0.2) is 64.6 Å². The van der Waals surface area contributed by atoms with Crippen molar-refractivity contribution in [2.75, 3.05) is 5.32 Å². The van der Waals surface area contributed by atoms with Gasteiger partial charge in [-0.1, -0.05) is 48.2 Å². The number of rotatable bonds is 6. The number of H-pyrrole nitrogens is 1. The van der Waals surface area contributed by atoms with Crippen LogP contribution in [0.5, 0.6) is 0 Å². The first kappa shape index (κ1) is 19.1. The Bertz CT molecular complexity index is 1050. The van der Waals surface area contributed by atoms with Gasteiger partial charge in [0.1, 0.15) is 0 Å². The van der Waals surface area contributed by atoms with Gasteiger partial charge in [-0.25, -0.2) is 18.5 Å². The van der Waals surface area contributed by atoms with Gasteiger partial charge in [-0.2, -0.15) is 0 Å². The molecule has 1 atom stereocenters. The third-order valence-corrected chi connectivity index (χ3v) is 5.47. The molecule has 140 valence electrons. The number of nitrogens with zero attached hydrogens (tertiary/aromatic N) is 2. The van der Waals surface area contributed by atoms with Crippen LogP contribution in [0.3, 0.4) is 0 Å². The lowest BCUT2D eigenvalue weighted by atomic mass is 10.2. The largest absolute Gasteiger partial charge is 0.325 e. The first-order valence-electron chi connectivity index (χ1n) is 7.91. The van der Waals surface area contributed by atoms with Crippen LogP contribution in [0.4, 0.5) is 5.69 Å². The van der Waals surface area contributed by atoms with E-state index in [1.807, 2.05) is 30.3 Å². The fourth-order valence-corrected chi connectivity index (χ4v) is 3.51. The standard InChI is InChI=1S/C17H17N5O3S2/c1-11(16(23)19-13-8-5-9-14(10-13)27(18,24)25)26-17-20-15(21-22-17)12-6-3-2-4-7-12/h2-11H,1H3,(H,19,23)(H2,18,24,25)(H,20,21,22)/t11-/m1/s1. The summed E-state index contributed by atoms with van der Waals surface area (Å²) in [5, 5.41) is 14.7. The van der Waals surface area contributed by atoms with Crippen LogP contribution < -0.4 is 10.5 Å². The zero-order chi connectivity index (χ0) is 19.4. The van der Waals surface area contributed by atoms with Gasteiger partial charge >= 0.3 is 0 Å². The molecule has 0 spiro atoms. The second kappa shape index (κ2) is 7.91. The Hall–Kier alpha value is -2.69. The summed E-state index contributed by atoms with van der Waals surface area (Å²) in [5.41, 5.74) is 1.24. The van der Waals surface area contributed by atoms with Crippen molar-refractivity contribution in [3.63, 3.8) is 0 Å². The van der Waals surface area contributed by atoms with E-state index in [9.17, 15) is 13.2 Å². The lowest BCUT2D eigenvalue weighted by molar-refractivity contribution is -0.115. The number of hydrogen-bond donors (Lipinski definition) is 3. The summed E-state index contributed by atoms with van der Waals surface area (Å²) in [6.45, 7) is 1.71. The molecule has 0 unspecified atom stereocenters. The predicted octanol–water partition coefficient (Wildman–Crippen LogP) is 2.24. The molecule has 0 bridgehead atoms. The highest BCUT2D eigenvalue weighted by Crippen LogP contribution is 2.24. The third kappa shape index (κ3) is 4.94. The Labute approximate surface area is 160 Å². The van der Waals surface area contributed by atoms with E-state index in [4.69, 9.17) is 5.14 Å². The van der Waals surface area contributed by atoms with Crippen molar-refractivity contribution in [2.24, 2.45) is 5.14 Å². The van der Waals surface area contributed by atoms with Crippen molar-refractivity contribution >= 4 is 33.4 Å². The minimum absolute atomic E-state index is 0.0675. The fourth-order valence-electron chi connectivity index (χ4n) is 2.23. The van der Waals surface area contributed by atoms with E-state index in [1.54, 1.807) is 13.0 Å². The van der Waals surface area contributed by atoms with Crippen molar-refractivity contribution in [3.05, 3.63) is 54.6 Å². The molecule has 2 aromatic carbocycles. The number of thioether (sulfide) groups is 1. The number of carbonyl (C=O) groups is 1. The molecule has 10 heteroatoms. The van der Waals surface area contributed by atoms with E-state index in [0.717, 1.165) is 5.56 Å². The van der Waals surface area contributed by atoms with Crippen LogP contribution in [-0.4, -0.2) is 34.8 Å². The molecule has 3 rings (SSSR count). The lowest BCUT2D eigenvalue weighted by Crippen LogP contribution is -2.22. The molecular formula is C17H17N5O3S2. The summed E-state index contributed by atoms with van der Waals surface area (Å²) in [4.78, 5) is 16.7. The maximum absolute atomic E-state index is 12.4. The number of carbonyl (C=O) groups excluding carboxylic acids is 1. The molecule has 0 aliphatic heterocycles. The maximum atomic E-state index is 12.4. The first-order chi connectivity index (χ1) is 12.8. The van der Waals surface area contributed by atoms with E-state index < -0.39 is 15.3 Å². The van der Waals surface area contributed by atoms with E-state index in [1.165, 1.54) is 30.0 Å². The van der Waals surface area contributed by atoms with Gasteiger partial charge in [0.25, 0.3) is 0 Å². The highest BCUT2D eigenvalue weighted by molar-refractivity contribution is 8.00. The Morgan fingerprint density at radius 3 is 2.63 bits per heavy atom. The van der Waals surface area contributed by atoms with Crippen LogP contribution in [0.1, 0.15) is 6.92 Å². The van der Waals surface area contributed by atoms with Crippen molar-refractivity contribution in [2.45, 2.75) is 22.2 Å². The number of nitrogens with one attached hydrogen (secondary N) is 2. The average molecular weight is 403 g/mol. The van der Waals surface area contributed by atoms with Crippen LogP contribution in [0.25, 0.3) is 11.4 Å². The molecule has 27 heavy (non-hydrogen) atoms. The highest BCUT2D eigenvalue weighted by Gasteiger charge is 2.18. The fraction of sp³-hybridized carbons (Fsp3) is 0.118. The summed E-state index contributed by atoms with van der Waals surface area (Å²) in [7, 11) is -3.83. The van der Waals surface area contributed by atoms with Gasteiger partial charge < -0.3 is 5.32 Å². The Morgan fingerprint density at radius 1 is 1.19 bits per heavy atom. The quantitative estimate of drug-likeness (QED) is 0.541. The van der Waals surface area contributed by atoms with Gasteiger partial charge in [0, 0.05) is 11.3 Å². The van der Waals surface area contributed by atoms with Crippen molar-refractivity contribution in [1.82, 2.24) is 15.2 Å². The molecule has 1 heterocycles. The Morgan fingerprint density at radius 2 is 1.93 bits per heavy atom. The van der Waals surface area contributed by atoms with Gasteiger partial charge in [-0.3, -0.25) is 9.89 Å². The highest BCUT2D eigenvalue weighted by atomic mass is 32.2. The van der Waals surface area contributed by atoms with Gasteiger partial charge in [0.05, 0.1) is 10.1 Å². The number of aromatic amines is 1. The van der Waals surface area contributed by atoms with Gasteiger partial charge in [0.15, 0.2) is 5.82 Å². The van der Waals surface area contributed by atoms with Gasteiger partial charge in [0.2, 0.25) is 21.1 Å². The molecule has 1 aromatic heterocycles. The molecule has 0 saturated carbocycles. The summed E-state index contributed by atoms with van der Waals surface area (Å²) < 4.78 is 22.8. The van der Waals surface area contributed by atoms with Gasteiger partial charge in [-0.15, -0.1) is 5.10 Å². The number of hydrogen-bond acceptors (Lipinski definition) is 6. The topological polar surface area (TPSA) is 131 Å². The monoisotopic (exact) mass is 403 g/mol. The molecule has 0 fully saturated rings. The Balaban J connectivity index is 1.66. The maximum Gasteiger partial charge on any atom is 0.238 e. The number of anilines is 1. The van der Waals surface area contributed by atoms with E-state index in [2.05, 4.69) is 20.5 Å². The van der Waals surface area contributed by atoms with E-state index in [0.29, 0.717) is 16.7 Å².